The lowest BCUT2D eigenvalue weighted by atomic mass is 9.52. The zero-order valence-corrected chi connectivity index (χ0v) is 23.3. The molecule has 1 aromatic heterocycles. The standard InChI is InChI=1S/C30H36Cl2N2O3/c1-27-9-11-29(32)15-21-24(35)25(36)22(34(2)3)16-28(21)10-12-30(29,37-28)23(27)7-6-20(27)18-4-5-19-17(14-18)8-13-33-26(19)31/h4-6,8,13-14,21-25,35-36H,7,9-12,15-16H2,1-3H3. The van der Waals surface area contributed by atoms with Crippen molar-refractivity contribution in [3.05, 3.63) is 47.3 Å². The number of rotatable bonds is 2. The SMILES string of the molecule is CN(C)C1CC23CCC4(O2)C2CC=C(c5ccc6c(Cl)nccc6c5)C2(C)CCC4(Cl)CC3C(O)C1O. The molecule has 0 radical (unpaired) electrons. The molecule has 2 bridgehead atoms. The van der Waals surface area contributed by atoms with Crippen LogP contribution < -0.4 is 0 Å². The normalized spacial score (nSPS) is 46.5. The first kappa shape index (κ1) is 24.8. The van der Waals surface area contributed by atoms with Gasteiger partial charge in [0.1, 0.15) is 5.15 Å². The molecule has 37 heavy (non-hydrogen) atoms. The summed E-state index contributed by atoms with van der Waals surface area (Å²) in [5.41, 5.74) is 1.72. The van der Waals surface area contributed by atoms with Gasteiger partial charge in [-0.2, -0.15) is 0 Å². The van der Waals surface area contributed by atoms with Gasteiger partial charge in [-0.1, -0.05) is 36.7 Å². The van der Waals surface area contributed by atoms with Crippen molar-refractivity contribution < 1.29 is 14.9 Å². The van der Waals surface area contributed by atoms with Crippen LogP contribution in [0.25, 0.3) is 16.3 Å². The second-order valence-corrected chi connectivity index (χ2v) is 14.0. The van der Waals surface area contributed by atoms with Gasteiger partial charge in [-0.3, -0.25) is 0 Å². The summed E-state index contributed by atoms with van der Waals surface area (Å²) >= 11 is 14.0. The minimum Gasteiger partial charge on any atom is -0.390 e. The Kier molecular flexibility index (Phi) is 5.31. The van der Waals surface area contributed by atoms with E-state index in [9.17, 15) is 10.2 Å². The minimum atomic E-state index is -0.822. The number of hydrogen-bond acceptors (Lipinski definition) is 5. The summed E-state index contributed by atoms with van der Waals surface area (Å²) in [6.07, 6.45) is 8.60. The molecule has 2 saturated carbocycles. The van der Waals surface area contributed by atoms with Crippen molar-refractivity contribution in [1.82, 2.24) is 9.88 Å². The van der Waals surface area contributed by atoms with Gasteiger partial charge in [0, 0.05) is 29.5 Å². The van der Waals surface area contributed by atoms with Crippen molar-refractivity contribution in [2.45, 2.75) is 86.2 Å². The summed E-state index contributed by atoms with van der Waals surface area (Å²) in [4.78, 5) is 5.74. The van der Waals surface area contributed by atoms with Crippen molar-refractivity contribution in [2.24, 2.45) is 17.3 Å². The molecule has 2 saturated heterocycles. The van der Waals surface area contributed by atoms with Gasteiger partial charge in [0.25, 0.3) is 0 Å². The molecule has 5 aliphatic rings. The van der Waals surface area contributed by atoms with E-state index in [1.54, 1.807) is 6.20 Å². The Balaban J connectivity index is 1.27. The predicted octanol–water partition coefficient (Wildman–Crippen LogP) is 5.43. The Bertz CT molecular complexity index is 1320. The molecule has 2 spiro atoms. The highest BCUT2D eigenvalue weighted by Gasteiger charge is 2.76. The van der Waals surface area contributed by atoms with Crippen LogP contribution in [0.2, 0.25) is 5.15 Å². The van der Waals surface area contributed by atoms with E-state index in [0.29, 0.717) is 11.6 Å². The molecule has 7 heteroatoms. The monoisotopic (exact) mass is 542 g/mol. The van der Waals surface area contributed by atoms with Crippen LogP contribution >= 0.6 is 23.2 Å². The first-order chi connectivity index (χ1) is 17.5. The van der Waals surface area contributed by atoms with Crippen LogP contribution in [0.4, 0.5) is 0 Å². The number of ether oxygens (including phenoxy) is 1. The van der Waals surface area contributed by atoms with E-state index >= 15 is 0 Å². The number of aliphatic hydroxyl groups excluding tert-OH is 2. The smallest absolute Gasteiger partial charge is 0.136 e. The lowest BCUT2D eigenvalue weighted by Gasteiger charge is -2.65. The number of pyridine rings is 1. The van der Waals surface area contributed by atoms with Gasteiger partial charge >= 0.3 is 0 Å². The maximum Gasteiger partial charge on any atom is 0.136 e. The van der Waals surface area contributed by atoms with E-state index in [-0.39, 0.29) is 23.3 Å². The molecule has 0 amide bonds. The molecule has 2 aromatic rings. The number of alkyl halides is 1. The van der Waals surface area contributed by atoms with Gasteiger partial charge in [0.05, 0.1) is 28.3 Å². The fourth-order valence-corrected chi connectivity index (χ4v) is 10.1. The topological polar surface area (TPSA) is 65.8 Å². The number of fused-ring (bicyclic) bond motifs is 2. The first-order valence-electron chi connectivity index (χ1n) is 13.7. The summed E-state index contributed by atoms with van der Waals surface area (Å²) in [6.45, 7) is 2.41. The number of benzene rings is 1. The van der Waals surface area contributed by atoms with Crippen molar-refractivity contribution >= 4 is 39.5 Å². The van der Waals surface area contributed by atoms with Crippen LogP contribution in [-0.2, 0) is 4.74 Å². The van der Waals surface area contributed by atoms with Crippen molar-refractivity contribution in [3.63, 3.8) is 0 Å². The van der Waals surface area contributed by atoms with Crippen LogP contribution in [0.1, 0.15) is 57.4 Å². The lowest BCUT2D eigenvalue weighted by molar-refractivity contribution is -0.276. The molecule has 2 N–H and O–H groups in total. The predicted molar refractivity (Wildman–Crippen MR) is 147 cm³/mol. The average Bonchev–Trinajstić information content (AvgIpc) is 3.40. The lowest BCUT2D eigenvalue weighted by Crippen LogP contribution is -2.72. The average molecular weight is 544 g/mol. The second kappa shape index (κ2) is 7.93. The molecule has 9 unspecified atom stereocenters. The van der Waals surface area contributed by atoms with Gasteiger partial charge in [0.2, 0.25) is 0 Å². The zero-order valence-electron chi connectivity index (χ0n) is 21.8. The first-order valence-corrected chi connectivity index (χ1v) is 14.5. The summed E-state index contributed by atoms with van der Waals surface area (Å²) < 4.78 is 7.34. The number of hydrogen-bond donors (Lipinski definition) is 2. The molecule has 7 rings (SSSR count). The summed E-state index contributed by atoms with van der Waals surface area (Å²) in [5, 5.41) is 24.9. The van der Waals surface area contributed by atoms with Crippen LogP contribution in [-0.4, -0.2) is 68.5 Å². The molecule has 3 heterocycles. The van der Waals surface area contributed by atoms with Gasteiger partial charge < -0.3 is 19.8 Å². The van der Waals surface area contributed by atoms with Crippen LogP contribution in [0.5, 0.6) is 0 Å². The Morgan fingerprint density at radius 2 is 1.86 bits per heavy atom. The third kappa shape index (κ3) is 3.10. The third-order valence-corrected chi connectivity index (χ3v) is 12.2. The Labute approximate surface area is 228 Å². The van der Waals surface area contributed by atoms with Crippen LogP contribution in [0, 0.1) is 17.3 Å². The summed E-state index contributed by atoms with van der Waals surface area (Å²) in [5.74, 6) is 0.143. The number of aromatic nitrogens is 1. The minimum absolute atomic E-state index is 0.0466. The van der Waals surface area contributed by atoms with Crippen LogP contribution in [0.3, 0.4) is 0 Å². The maximum atomic E-state index is 11.3. The highest BCUT2D eigenvalue weighted by molar-refractivity contribution is 6.34. The fourth-order valence-electron chi connectivity index (χ4n) is 9.32. The largest absolute Gasteiger partial charge is 0.390 e. The second-order valence-electron chi connectivity index (χ2n) is 12.9. The number of nitrogens with zero attached hydrogens (tertiary/aromatic N) is 2. The number of halogens is 2. The molecule has 9 atom stereocenters. The van der Waals surface area contributed by atoms with Gasteiger partial charge in [-0.05, 0) is 93.1 Å². The molecular formula is C30H36Cl2N2O3. The van der Waals surface area contributed by atoms with E-state index in [1.807, 2.05) is 25.1 Å². The van der Waals surface area contributed by atoms with E-state index in [1.165, 1.54) is 11.1 Å². The number of allylic oxidation sites excluding steroid dienone is 2. The molecule has 4 fully saturated rings. The van der Waals surface area contributed by atoms with E-state index in [4.69, 9.17) is 27.9 Å². The van der Waals surface area contributed by atoms with E-state index < -0.39 is 28.3 Å². The highest BCUT2D eigenvalue weighted by Crippen LogP contribution is 2.73. The van der Waals surface area contributed by atoms with E-state index in [2.05, 4.69) is 36.2 Å². The molecule has 5 nitrogen and oxygen atoms in total. The van der Waals surface area contributed by atoms with Crippen molar-refractivity contribution in [3.8, 4) is 0 Å². The summed E-state index contributed by atoms with van der Waals surface area (Å²) in [7, 11) is 3.96. The van der Waals surface area contributed by atoms with Gasteiger partial charge in [-0.15, -0.1) is 11.6 Å². The molecule has 1 aromatic carbocycles. The quantitative estimate of drug-likeness (QED) is 0.391. The molecule has 198 valence electrons. The zero-order chi connectivity index (χ0) is 26.0. The summed E-state index contributed by atoms with van der Waals surface area (Å²) in [6, 6.07) is 8.42. The van der Waals surface area contributed by atoms with Crippen LogP contribution in [0.15, 0.2) is 36.5 Å². The Morgan fingerprint density at radius 3 is 2.65 bits per heavy atom. The molecule has 2 aliphatic heterocycles. The van der Waals surface area contributed by atoms with E-state index in [0.717, 1.165) is 49.3 Å². The highest BCUT2D eigenvalue weighted by atomic mass is 35.5. The Hall–Kier alpha value is -1.21. The van der Waals surface area contributed by atoms with Gasteiger partial charge in [-0.25, -0.2) is 4.98 Å². The maximum absolute atomic E-state index is 11.3. The van der Waals surface area contributed by atoms with Crippen molar-refractivity contribution in [1.29, 1.82) is 0 Å². The van der Waals surface area contributed by atoms with Gasteiger partial charge in [0.15, 0.2) is 0 Å². The Morgan fingerprint density at radius 1 is 1.05 bits per heavy atom. The molecular weight excluding hydrogens is 507 g/mol. The number of likely N-dealkylation sites (N-methyl/N-ethyl adjacent to an activating group) is 1. The molecule has 3 aliphatic carbocycles. The number of aliphatic hydroxyl groups is 2. The third-order valence-electron chi connectivity index (χ3n) is 11.2. The fraction of sp³-hybridized carbons (Fsp3) is 0.633. The van der Waals surface area contributed by atoms with Crippen molar-refractivity contribution in [2.75, 3.05) is 14.1 Å².